The van der Waals surface area contributed by atoms with E-state index in [1.807, 2.05) is 62.4 Å². The lowest BCUT2D eigenvalue weighted by Gasteiger charge is -2.10. The minimum atomic E-state index is -0.447. The molecule has 0 saturated heterocycles. The topological polar surface area (TPSA) is 52.6 Å². The van der Waals surface area contributed by atoms with Crippen molar-refractivity contribution in [1.82, 2.24) is 0 Å². The molecule has 0 amide bonds. The van der Waals surface area contributed by atoms with Gasteiger partial charge in [0.2, 0.25) is 0 Å². The minimum Gasteiger partial charge on any atom is -0.423 e. The second kappa shape index (κ2) is 10.2. The summed E-state index contributed by atoms with van der Waals surface area (Å²) in [5.74, 6) is -0.0907. The van der Waals surface area contributed by atoms with E-state index in [9.17, 15) is 9.59 Å². The van der Waals surface area contributed by atoms with Gasteiger partial charge in [-0.15, -0.1) is 0 Å². The third kappa shape index (κ3) is 5.80. The Morgan fingerprint density at radius 2 is 1.16 bits per heavy atom. The van der Waals surface area contributed by atoms with Gasteiger partial charge in [-0.2, -0.15) is 0 Å². The first-order valence-electron chi connectivity index (χ1n) is 10.0. The maximum absolute atomic E-state index is 12.4. The van der Waals surface area contributed by atoms with Crippen molar-refractivity contribution in [3.8, 4) is 11.5 Å². The molecule has 0 aliphatic heterocycles. The molecule has 3 aromatic rings. The van der Waals surface area contributed by atoms with Crippen molar-refractivity contribution in [2.24, 2.45) is 0 Å². The molecule has 0 saturated carbocycles. The van der Waals surface area contributed by atoms with Crippen molar-refractivity contribution >= 4 is 24.1 Å². The van der Waals surface area contributed by atoms with E-state index in [4.69, 9.17) is 9.47 Å². The van der Waals surface area contributed by atoms with Crippen LogP contribution in [-0.2, 0) is 0 Å². The average molecular weight is 412 g/mol. The Morgan fingerprint density at radius 3 is 1.61 bits per heavy atom. The van der Waals surface area contributed by atoms with Crippen LogP contribution in [0.1, 0.15) is 51.3 Å². The molecule has 4 heteroatoms. The predicted octanol–water partition coefficient (Wildman–Crippen LogP) is 6.50. The summed E-state index contributed by atoms with van der Waals surface area (Å²) < 4.78 is 11.0. The Kier molecular flexibility index (Phi) is 7.17. The Hall–Kier alpha value is -3.92. The van der Waals surface area contributed by atoms with Crippen LogP contribution in [0.15, 0.2) is 78.9 Å². The molecule has 0 N–H and O–H groups in total. The van der Waals surface area contributed by atoms with Crippen molar-refractivity contribution < 1.29 is 19.1 Å². The maximum Gasteiger partial charge on any atom is 0.343 e. The number of aryl methyl sites for hydroxylation is 1. The van der Waals surface area contributed by atoms with E-state index < -0.39 is 11.9 Å². The fourth-order valence-electron chi connectivity index (χ4n) is 2.97. The predicted molar refractivity (Wildman–Crippen MR) is 123 cm³/mol. The number of ether oxygens (including phenoxy) is 2. The number of benzene rings is 3. The van der Waals surface area contributed by atoms with Crippen molar-refractivity contribution in [1.29, 1.82) is 0 Å². The maximum atomic E-state index is 12.4. The number of hydrogen-bond acceptors (Lipinski definition) is 4. The van der Waals surface area contributed by atoms with Gasteiger partial charge in [0.05, 0.1) is 11.1 Å². The van der Waals surface area contributed by atoms with E-state index in [0.29, 0.717) is 28.2 Å². The fourth-order valence-corrected chi connectivity index (χ4v) is 2.97. The van der Waals surface area contributed by atoms with Gasteiger partial charge in [0.25, 0.3) is 0 Å². The van der Waals surface area contributed by atoms with Gasteiger partial charge in [-0.25, -0.2) is 9.59 Å². The van der Waals surface area contributed by atoms with Gasteiger partial charge in [-0.1, -0.05) is 48.6 Å². The molecule has 0 radical (unpaired) electrons. The summed E-state index contributed by atoms with van der Waals surface area (Å²) in [4.78, 5) is 24.8. The summed E-state index contributed by atoms with van der Waals surface area (Å²) in [5, 5.41) is 0. The monoisotopic (exact) mass is 412 g/mol. The SMILES string of the molecule is CC=Cc1ccc(C(=O)Oc2ccc(OC(=O)c3ccc(C=CC)cc3)c(C)c2)cc1. The number of carbonyl (C=O) groups excluding carboxylic acids is 2. The van der Waals surface area contributed by atoms with Gasteiger partial charge in [0.15, 0.2) is 0 Å². The van der Waals surface area contributed by atoms with Crippen LogP contribution >= 0.6 is 0 Å². The van der Waals surface area contributed by atoms with Crippen LogP contribution in [0.2, 0.25) is 0 Å². The third-order valence-corrected chi connectivity index (χ3v) is 4.57. The first kappa shape index (κ1) is 21.8. The van der Waals surface area contributed by atoms with E-state index in [2.05, 4.69) is 0 Å². The largest absolute Gasteiger partial charge is 0.423 e. The molecule has 0 heterocycles. The molecule has 0 unspecified atom stereocenters. The van der Waals surface area contributed by atoms with Gasteiger partial charge >= 0.3 is 11.9 Å². The highest BCUT2D eigenvalue weighted by atomic mass is 16.5. The van der Waals surface area contributed by atoms with Crippen LogP contribution in [0.25, 0.3) is 12.2 Å². The van der Waals surface area contributed by atoms with Crippen LogP contribution in [0, 0.1) is 6.92 Å². The molecular formula is C27H24O4. The number of carbonyl (C=O) groups is 2. The van der Waals surface area contributed by atoms with E-state index in [0.717, 1.165) is 11.1 Å². The van der Waals surface area contributed by atoms with E-state index in [-0.39, 0.29) is 0 Å². The smallest absolute Gasteiger partial charge is 0.343 e. The highest BCUT2D eigenvalue weighted by Gasteiger charge is 2.13. The van der Waals surface area contributed by atoms with Gasteiger partial charge in [0, 0.05) is 0 Å². The second-order valence-electron chi connectivity index (χ2n) is 6.95. The molecule has 0 spiro atoms. The summed E-state index contributed by atoms with van der Waals surface area (Å²) in [6.07, 6.45) is 7.78. The molecule has 3 aromatic carbocycles. The lowest BCUT2D eigenvalue weighted by molar-refractivity contribution is 0.0718. The standard InChI is InChI=1S/C27H24O4/c1-4-6-20-8-12-22(13-9-20)26(28)30-24-16-17-25(19(3)18-24)31-27(29)23-14-10-21(7-5-2)11-15-23/h4-18H,1-3H3. The van der Waals surface area contributed by atoms with E-state index >= 15 is 0 Å². The summed E-state index contributed by atoms with van der Waals surface area (Å²) in [5.41, 5.74) is 3.63. The molecule has 0 bridgehead atoms. The van der Waals surface area contributed by atoms with Gasteiger partial charge in [-0.05, 0) is 79.9 Å². The van der Waals surface area contributed by atoms with Crippen LogP contribution in [0.3, 0.4) is 0 Å². The van der Waals surface area contributed by atoms with Crippen LogP contribution in [-0.4, -0.2) is 11.9 Å². The zero-order valence-electron chi connectivity index (χ0n) is 17.8. The molecule has 0 aliphatic rings. The number of allylic oxidation sites excluding steroid dienone is 2. The molecule has 31 heavy (non-hydrogen) atoms. The molecule has 0 fully saturated rings. The minimum absolute atomic E-state index is 0.385. The zero-order valence-corrected chi connectivity index (χ0v) is 17.8. The Balaban J connectivity index is 1.66. The Morgan fingerprint density at radius 1 is 0.677 bits per heavy atom. The van der Waals surface area contributed by atoms with Gasteiger partial charge in [-0.3, -0.25) is 0 Å². The molecule has 0 atom stereocenters. The summed E-state index contributed by atoms with van der Waals surface area (Å²) >= 11 is 0. The molecule has 4 nitrogen and oxygen atoms in total. The fraction of sp³-hybridized carbons (Fsp3) is 0.111. The first-order valence-corrected chi connectivity index (χ1v) is 10.0. The normalized spacial score (nSPS) is 11.1. The molecule has 3 rings (SSSR count). The Labute approximate surface area is 182 Å². The van der Waals surface area contributed by atoms with Crippen molar-refractivity contribution in [3.05, 3.63) is 107 Å². The average Bonchev–Trinajstić information content (AvgIpc) is 2.77. The number of hydrogen-bond donors (Lipinski definition) is 0. The van der Waals surface area contributed by atoms with Crippen molar-refractivity contribution in [2.45, 2.75) is 20.8 Å². The first-order chi connectivity index (χ1) is 15.0. The van der Waals surface area contributed by atoms with Crippen LogP contribution in [0.5, 0.6) is 11.5 Å². The molecule has 0 aromatic heterocycles. The highest BCUT2D eigenvalue weighted by molar-refractivity contribution is 5.92. The molecule has 156 valence electrons. The van der Waals surface area contributed by atoms with E-state index in [1.165, 1.54) is 0 Å². The summed E-state index contributed by atoms with van der Waals surface area (Å²) in [7, 11) is 0. The quantitative estimate of drug-likeness (QED) is 0.342. The Bertz CT molecular complexity index is 1120. The lowest BCUT2D eigenvalue weighted by Crippen LogP contribution is -2.10. The second-order valence-corrected chi connectivity index (χ2v) is 6.95. The molecule has 0 aliphatic carbocycles. The highest BCUT2D eigenvalue weighted by Crippen LogP contribution is 2.25. The van der Waals surface area contributed by atoms with Crippen LogP contribution < -0.4 is 9.47 Å². The summed E-state index contributed by atoms with van der Waals surface area (Å²) in [6.45, 7) is 5.67. The lowest BCUT2D eigenvalue weighted by atomic mass is 10.1. The summed E-state index contributed by atoms with van der Waals surface area (Å²) in [6, 6.07) is 19.2. The molecular weight excluding hydrogens is 388 g/mol. The van der Waals surface area contributed by atoms with Crippen LogP contribution in [0.4, 0.5) is 0 Å². The van der Waals surface area contributed by atoms with Gasteiger partial charge in [0.1, 0.15) is 11.5 Å². The van der Waals surface area contributed by atoms with Gasteiger partial charge < -0.3 is 9.47 Å². The zero-order chi connectivity index (χ0) is 22.2. The number of esters is 2. The van der Waals surface area contributed by atoms with Crippen molar-refractivity contribution in [3.63, 3.8) is 0 Å². The third-order valence-electron chi connectivity index (χ3n) is 4.57. The van der Waals surface area contributed by atoms with E-state index in [1.54, 1.807) is 49.4 Å². The number of rotatable bonds is 6. The van der Waals surface area contributed by atoms with Crippen molar-refractivity contribution in [2.75, 3.05) is 0 Å².